The summed E-state index contributed by atoms with van der Waals surface area (Å²) in [7, 11) is -3.04. The molecule has 2 heterocycles. The molecule has 0 unspecified atom stereocenters. The highest BCUT2D eigenvalue weighted by Gasteiger charge is 2.28. The van der Waals surface area contributed by atoms with Gasteiger partial charge in [-0.3, -0.25) is 9.78 Å². The van der Waals surface area contributed by atoms with Gasteiger partial charge in [-0.15, -0.1) is 0 Å². The summed E-state index contributed by atoms with van der Waals surface area (Å²) in [5.74, 6) is 0.217. The van der Waals surface area contributed by atoms with E-state index in [1.54, 1.807) is 17.3 Å². The van der Waals surface area contributed by atoms with E-state index in [0.29, 0.717) is 19.4 Å². The predicted molar refractivity (Wildman–Crippen MR) is 89.9 cm³/mol. The standard InChI is InChI=1S/C17H20N2O3S/c1-13-12-23(21,22)8-2-7-19(13)17(20)10-14-3-4-16-11-18-6-5-15(16)9-14/h3-6,9,11,13H,2,7-8,10,12H2,1H3/t13-/m0/s1. The number of hydrogen-bond donors (Lipinski definition) is 0. The molecular formula is C17H20N2O3S. The van der Waals surface area contributed by atoms with Crippen LogP contribution in [0.15, 0.2) is 36.7 Å². The van der Waals surface area contributed by atoms with Crippen molar-refractivity contribution in [3.8, 4) is 0 Å². The van der Waals surface area contributed by atoms with E-state index in [1.807, 2.05) is 31.2 Å². The van der Waals surface area contributed by atoms with Gasteiger partial charge >= 0.3 is 0 Å². The van der Waals surface area contributed by atoms with Crippen molar-refractivity contribution in [1.29, 1.82) is 0 Å². The van der Waals surface area contributed by atoms with Gasteiger partial charge in [0, 0.05) is 30.4 Å². The number of rotatable bonds is 2. The lowest BCUT2D eigenvalue weighted by Gasteiger charge is -2.26. The molecule has 0 radical (unpaired) electrons. The minimum absolute atomic E-state index is 0.0111. The Hall–Kier alpha value is -1.95. The van der Waals surface area contributed by atoms with Crippen LogP contribution in [0.25, 0.3) is 10.8 Å². The minimum atomic E-state index is -3.04. The second-order valence-electron chi connectivity index (χ2n) is 6.14. The maximum atomic E-state index is 12.6. The van der Waals surface area contributed by atoms with Gasteiger partial charge in [0.1, 0.15) is 0 Å². The number of amides is 1. The summed E-state index contributed by atoms with van der Waals surface area (Å²) < 4.78 is 23.6. The predicted octanol–water partition coefficient (Wildman–Crippen LogP) is 1.81. The van der Waals surface area contributed by atoms with Crippen LogP contribution in [0, 0.1) is 0 Å². The van der Waals surface area contributed by atoms with E-state index in [1.165, 1.54) is 0 Å². The molecule has 3 rings (SSSR count). The van der Waals surface area contributed by atoms with Gasteiger partial charge in [-0.2, -0.15) is 0 Å². The van der Waals surface area contributed by atoms with Gasteiger partial charge in [0.2, 0.25) is 5.91 Å². The first kappa shape index (κ1) is 15.9. The summed E-state index contributed by atoms with van der Waals surface area (Å²) in [4.78, 5) is 18.4. The first-order valence-corrected chi connectivity index (χ1v) is 9.59. The lowest BCUT2D eigenvalue weighted by Crippen LogP contribution is -2.41. The Bertz CT molecular complexity index is 833. The minimum Gasteiger partial charge on any atom is -0.339 e. The molecule has 0 saturated carbocycles. The average Bonchev–Trinajstić information content (AvgIpc) is 2.64. The molecular weight excluding hydrogens is 312 g/mol. The number of fused-ring (bicyclic) bond motifs is 1. The smallest absolute Gasteiger partial charge is 0.227 e. The largest absolute Gasteiger partial charge is 0.339 e. The fourth-order valence-electron chi connectivity index (χ4n) is 3.11. The zero-order valence-electron chi connectivity index (χ0n) is 13.1. The van der Waals surface area contributed by atoms with Gasteiger partial charge in [-0.05, 0) is 30.4 Å². The van der Waals surface area contributed by atoms with Crippen LogP contribution in [-0.4, -0.2) is 48.3 Å². The monoisotopic (exact) mass is 332 g/mol. The summed E-state index contributed by atoms with van der Waals surface area (Å²) >= 11 is 0. The first-order valence-electron chi connectivity index (χ1n) is 7.77. The number of carbonyl (C=O) groups is 1. The van der Waals surface area contributed by atoms with Crippen LogP contribution in [0.5, 0.6) is 0 Å². The summed E-state index contributed by atoms with van der Waals surface area (Å²) in [6.45, 7) is 2.32. The molecule has 1 fully saturated rings. The molecule has 0 bridgehead atoms. The third-order valence-electron chi connectivity index (χ3n) is 4.26. The summed E-state index contributed by atoms with van der Waals surface area (Å²) in [5, 5.41) is 2.09. The molecule has 122 valence electrons. The highest BCUT2D eigenvalue weighted by molar-refractivity contribution is 7.91. The third-order valence-corrected chi connectivity index (χ3v) is 6.16. The Kier molecular flexibility index (Phi) is 4.35. The molecule has 23 heavy (non-hydrogen) atoms. The fraction of sp³-hybridized carbons (Fsp3) is 0.412. The highest BCUT2D eigenvalue weighted by Crippen LogP contribution is 2.17. The molecule has 1 aliphatic rings. The Morgan fingerprint density at radius 3 is 2.96 bits per heavy atom. The zero-order chi connectivity index (χ0) is 16.4. The van der Waals surface area contributed by atoms with Crippen molar-refractivity contribution in [3.63, 3.8) is 0 Å². The lowest BCUT2D eigenvalue weighted by atomic mass is 10.1. The van der Waals surface area contributed by atoms with Crippen LogP contribution in [0.1, 0.15) is 18.9 Å². The van der Waals surface area contributed by atoms with Gasteiger partial charge in [-0.25, -0.2) is 8.42 Å². The molecule has 1 atom stereocenters. The van der Waals surface area contributed by atoms with Crippen molar-refractivity contribution in [1.82, 2.24) is 9.88 Å². The molecule has 5 nitrogen and oxygen atoms in total. The van der Waals surface area contributed by atoms with Gasteiger partial charge < -0.3 is 4.90 Å². The van der Waals surface area contributed by atoms with Gasteiger partial charge in [0.15, 0.2) is 9.84 Å². The molecule has 1 aromatic carbocycles. The Morgan fingerprint density at radius 1 is 1.30 bits per heavy atom. The molecule has 0 N–H and O–H groups in total. The number of benzene rings is 1. The zero-order valence-corrected chi connectivity index (χ0v) is 13.9. The molecule has 1 aliphatic heterocycles. The Labute approximate surface area is 136 Å². The summed E-state index contributed by atoms with van der Waals surface area (Å²) in [6, 6.07) is 7.54. The van der Waals surface area contributed by atoms with Crippen molar-refractivity contribution < 1.29 is 13.2 Å². The second-order valence-corrected chi connectivity index (χ2v) is 8.37. The second kappa shape index (κ2) is 6.28. The van der Waals surface area contributed by atoms with Crippen molar-refractivity contribution in [2.24, 2.45) is 0 Å². The van der Waals surface area contributed by atoms with Gasteiger partial charge in [-0.1, -0.05) is 18.2 Å². The number of pyridine rings is 1. The molecule has 0 aliphatic carbocycles. The first-order chi connectivity index (χ1) is 10.9. The van der Waals surface area contributed by atoms with Crippen LogP contribution in [0.2, 0.25) is 0 Å². The van der Waals surface area contributed by atoms with Crippen LogP contribution in [0.3, 0.4) is 0 Å². The van der Waals surface area contributed by atoms with Crippen LogP contribution >= 0.6 is 0 Å². The Balaban J connectivity index is 1.77. The van der Waals surface area contributed by atoms with Crippen LogP contribution < -0.4 is 0 Å². The Morgan fingerprint density at radius 2 is 2.13 bits per heavy atom. The maximum absolute atomic E-state index is 12.6. The quantitative estimate of drug-likeness (QED) is 0.841. The van der Waals surface area contributed by atoms with E-state index in [4.69, 9.17) is 0 Å². The molecule has 1 amide bonds. The number of sulfone groups is 1. The van der Waals surface area contributed by atoms with E-state index in [-0.39, 0.29) is 23.5 Å². The average molecular weight is 332 g/mol. The van der Waals surface area contributed by atoms with Crippen LogP contribution in [0.4, 0.5) is 0 Å². The molecule has 1 saturated heterocycles. The van der Waals surface area contributed by atoms with E-state index in [2.05, 4.69) is 4.98 Å². The molecule has 1 aromatic heterocycles. The van der Waals surface area contributed by atoms with E-state index in [9.17, 15) is 13.2 Å². The SMILES string of the molecule is C[C@H]1CS(=O)(=O)CCCN1C(=O)Cc1ccc2cnccc2c1. The van der Waals surface area contributed by atoms with E-state index in [0.717, 1.165) is 16.3 Å². The van der Waals surface area contributed by atoms with E-state index < -0.39 is 9.84 Å². The third kappa shape index (κ3) is 3.69. The lowest BCUT2D eigenvalue weighted by molar-refractivity contribution is -0.132. The van der Waals surface area contributed by atoms with Crippen molar-refractivity contribution in [3.05, 3.63) is 42.2 Å². The fourth-order valence-corrected chi connectivity index (χ4v) is 4.76. The van der Waals surface area contributed by atoms with Crippen molar-refractivity contribution in [2.45, 2.75) is 25.8 Å². The van der Waals surface area contributed by atoms with Crippen LogP contribution in [-0.2, 0) is 21.1 Å². The number of hydrogen-bond acceptors (Lipinski definition) is 4. The molecule has 0 spiro atoms. The highest BCUT2D eigenvalue weighted by atomic mass is 32.2. The maximum Gasteiger partial charge on any atom is 0.227 e. The van der Waals surface area contributed by atoms with Gasteiger partial charge in [0.05, 0.1) is 17.9 Å². The molecule has 6 heteroatoms. The summed E-state index contributed by atoms with van der Waals surface area (Å²) in [6.07, 6.45) is 4.34. The topological polar surface area (TPSA) is 67.3 Å². The summed E-state index contributed by atoms with van der Waals surface area (Å²) in [5.41, 5.74) is 0.938. The van der Waals surface area contributed by atoms with E-state index >= 15 is 0 Å². The normalized spacial score (nSPS) is 21.1. The number of aromatic nitrogens is 1. The van der Waals surface area contributed by atoms with Gasteiger partial charge in [0.25, 0.3) is 0 Å². The number of nitrogens with zero attached hydrogens (tertiary/aromatic N) is 2. The molecule has 2 aromatic rings. The van der Waals surface area contributed by atoms with Crippen molar-refractivity contribution >= 4 is 26.5 Å². The number of carbonyl (C=O) groups excluding carboxylic acids is 1. The van der Waals surface area contributed by atoms with Crippen molar-refractivity contribution in [2.75, 3.05) is 18.1 Å².